The lowest BCUT2D eigenvalue weighted by Crippen LogP contribution is -2.30. The van der Waals surface area contributed by atoms with Gasteiger partial charge in [-0.25, -0.2) is 4.68 Å². The predicted molar refractivity (Wildman–Crippen MR) is 86.5 cm³/mol. The molecule has 0 bridgehead atoms. The van der Waals surface area contributed by atoms with Crippen LogP contribution in [0.3, 0.4) is 0 Å². The molecule has 1 aliphatic rings. The number of carboxylic acid groups (broad SMARTS) is 1. The number of carbonyl (C=O) groups excluding carboxylic acids is 1. The van der Waals surface area contributed by atoms with Gasteiger partial charge in [0.2, 0.25) is 0 Å². The quantitative estimate of drug-likeness (QED) is 0.923. The number of amides is 1. The molecule has 1 aliphatic heterocycles. The summed E-state index contributed by atoms with van der Waals surface area (Å²) in [6, 6.07) is 7.36. The summed E-state index contributed by atoms with van der Waals surface area (Å²) in [6.45, 7) is 2.64. The van der Waals surface area contributed by atoms with Gasteiger partial charge in [0.25, 0.3) is 5.91 Å². The molecule has 0 spiro atoms. The van der Waals surface area contributed by atoms with Crippen LogP contribution in [0.5, 0.6) is 5.75 Å². The maximum Gasteiger partial charge on any atom is 0.308 e. The van der Waals surface area contributed by atoms with Crippen molar-refractivity contribution in [2.45, 2.75) is 13.3 Å². The van der Waals surface area contributed by atoms with E-state index in [0.717, 1.165) is 11.3 Å². The van der Waals surface area contributed by atoms with Crippen molar-refractivity contribution in [2.75, 3.05) is 20.2 Å². The first-order valence-electron chi connectivity index (χ1n) is 7.72. The van der Waals surface area contributed by atoms with Gasteiger partial charge in [0, 0.05) is 19.3 Å². The van der Waals surface area contributed by atoms with Crippen LogP contribution >= 0.6 is 0 Å². The number of hydrogen-bond acceptors (Lipinski definition) is 4. The molecule has 0 aliphatic carbocycles. The van der Waals surface area contributed by atoms with Crippen molar-refractivity contribution < 1.29 is 19.4 Å². The molecule has 0 radical (unpaired) electrons. The average molecular weight is 329 g/mol. The van der Waals surface area contributed by atoms with Crippen molar-refractivity contribution in [1.82, 2.24) is 14.7 Å². The molecule has 1 aromatic heterocycles. The number of ether oxygens (including phenoxy) is 1. The lowest BCUT2D eigenvalue weighted by molar-refractivity contribution is -0.141. The SMILES string of the molecule is COc1ccc(C)cc1-n1ccc(C(=O)N2CCC(C(=O)O)C2)n1. The van der Waals surface area contributed by atoms with Crippen molar-refractivity contribution in [3.63, 3.8) is 0 Å². The van der Waals surface area contributed by atoms with E-state index < -0.39 is 11.9 Å². The molecule has 0 saturated carbocycles. The second-order valence-corrected chi connectivity index (χ2v) is 5.90. The van der Waals surface area contributed by atoms with Gasteiger partial charge < -0.3 is 14.7 Å². The van der Waals surface area contributed by atoms with Gasteiger partial charge in [-0.2, -0.15) is 5.10 Å². The third-order valence-corrected chi connectivity index (χ3v) is 4.21. The maximum atomic E-state index is 12.5. The zero-order chi connectivity index (χ0) is 17.3. The summed E-state index contributed by atoms with van der Waals surface area (Å²) in [4.78, 5) is 25.1. The van der Waals surface area contributed by atoms with E-state index in [1.165, 1.54) is 0 Å². The molecule has 126 valence electrons. The molecule has 1 amide bonds. The highest BCUT2D eigenvalue weighted by Gasteiger charge is 2.32. The summed E-state index contributed by atoms with van der Waals surface area (Å²) >= 11 is 0. The summed E-state index contributed by atoms with van der Waals surface area (Å²) in [5, 5.41) is 13.4. The van der Waals surface area contributed by atoms with Crippen LogP contribution in [0.2, 0.25) is 0 Å². The number of carboxylic acids is 1. The summed E-state index contributed by atoms with van der Waals surface area (Å²) < 4.78 is 6.94. The zero-order valence-corrected chi connectivity index (χ0v) is 13.6. The van der Waals surface area contributed by atoms with E-state index in [4.69, 9.17) is 9.84 Å². The monoisotopic (exact) mass is 329 g/mol. The first kappa shape index (κ1) is 16.0. The van der Waals surface area contributed by atoms with E-state index in [1.54, 1.807) is 29.0 Å². The normalized spacial score (nSPS) is 17.1. The van der Waals surface area contributed by atoms with E-state index in [2.05, 4.69) is 5.10 Å². The smallest absolute Gasteiger partial charge is 0.308 e. The van der Waals surface area contributed by atoms with E-state index >= 15 is 0 Å². The summed E-state index contributed by atoms with van der Waals surface area (Å²) in [5.74, 6) is -0.938. The molecule has 24 heavy (non-hydrogen) atoms. The summed E-state index contributed by atoms with van der Waals surface area (Å²) in [6.07, 6.45) is 2.18. The molecule has 1 fully saturated rings. The van der Waals surface area contributed by atoms with E-state index in [-0.39, 0.29) is 12.5 Å². The minimum Gasteiger partial charge on any atom is -0.494 e. The van der Waals surface area contributed by atoms with Crippen LogP contribution in [0, 0.1) is 12.8 Å². The minimum atomic E-state index is -0.861. The largest absolute Gasteiger partial charge is 0.494 e. The molecule has 7 heteroatoms. The molecule has 2 heterocycles. The molecule has 1 unspecified atom stereocenters. The first-order chi connectivity index (χ1) is 11.5. The molecule has 7 nitrogen and oxygen atoms in total. The van der Waals surface area contributed by atoms with Gasteiger partial charge in [0.1, 0.15) is 11.4 Å². The molecule has 3 rings (SSSR count). The summed E-state index contributed by atoms with van der Waals surface area (Å²) in [5.41, 5.74) is 2.10. The van der Waals surface area contributed by atoms with Crippen LogP contribution in [0.15, 0.2) is 30.5 Å². The Bertz CT molecular complexity index is 784. The average Bonchev–Trinajstić information content (AvgIpc) is 3.24. The molecular formula is C17H19N3O4. The minimum absolute atomic E-state index is 0.231. The van der Waals surface area contributed by atoms with Crippen LogP contribution in [0.1, 0.15) is 22.5 Å². The number of aliphatic carboxylic acids is 1. The molecule has 2 aromatic rings. The molecule has 1 aromatic carbocycles. The second-order valence-electron chi connectivity index (χ2n) is 5.90. The molecule has 1 N–H and O–H groups in total. The number of carbonyl (C=O) groups is 2. The fraction of sp³-hybridized carbons (Fsp3) is 0.353. The number of likely N-dealkylation sites (tertiary alicyclic amines) is 1. The number of hydrogen-bond donors (Lipinski definition) is 1. The van der Waals surface area contributed by atoms with Gasteiger partial charge in [0.15, 0.2) is 5.69 Å². The lowest BCUT2D eigenvalue weighted by Gasteiger charge is -2.14. The predicted octanol–water partition coefficient (Wildman–Crippen LogP) is 1.74. The Morgan fingerprint density at radius 2 is 2.12 bits per heavy atom. The number of aromatic nitrogens is 2. The fourth-order valence-electron chi connectivity index (χ4n) is 2.86. The van der Waals surface area contributed by atoms with Crippen LogP contribution in [0.25, 0.3) is 5.69 Å². The van der Waals surface area contributed by atoms with Crippen molar-refractivity contribution in [2.24, 2.45) is 5.92 Å². The van der Waals surface area contributed by atoms with Gasteiger partial charge in [-0.05, 0) is 37.1 Å². The Morgan fingerprint density at radius 1 is 1.33 bits per heavy atom. The lowest BCUT2D eigenvalue weighted by atomic mass is 10.1. The topological polar surface area (TPSA) is 84.7 Å². The standard InChI is InChI=1S/C17H19N3O4/c1-11-3-4-15(24-2)14(9-11)20-8-6-13(18-20)16(21)19-7-5-12(10-19)17(22)23/h3-4,6,8-9,12H,5,7,10H2,1-2H3,(H,22,23). The van der Waals surface area contributed by atoms with Crippen LogP contribution < -0.4 is 4.74 Å². The first-order valence-corrected chi connectivity index (χ1v) is 7.72. The number of benzene rings is 1. The number of aryl methyl sites for hydroxylation is 1. The number of nitrogens with zero attached hydrogens (tertiary/aromatic N) is 3. The number of methoxy groups -OCH3 is 1. The fourth-order valence-corrected chi connectivity index (χ4v) is 2.86. The maximum absolute atomic E-state index is 12.5. The van der Waals surface area contributed by atoms with Gasteiger partial charge >= 0.3 is 5.97 Å². The second kappa shape index (κ2) is 6.35. The van der Waals surface area contributed by atoms with Crippen molar-refractivity contribution >= 4 is 11.9 Å². The Morgan fingerprint density at radius 3 is 2.79 bits per heavy atom. The van der Waals surface area contributed by atoms with Gasteiger partial charge in [-0.15, -0.1) is 0 Å². The third-order valence-electron chi connectivity index (χ3n) is 4.21. The van der Waals surface area contributed by atoms with E-state index in [0.29, 0.717) is 24.4 Å². The van der Waals surface area contributed by atoms with Crippen molar-refractivity contribution in [3.8, 4) is 11.4 Å². The third kappa shape index (κ3) is 2.97. The van der Waals surface area contributed by atoms with Crippen molar-refractivity contribution in [3.05, 3.63) is 41.7 Å². The van der Waals surface area contributed by atoms with Crippen LogP contribution in [-0.4, -0.2) is 51.9 Å². The van der Waals surface area contributed by atoms with Crippen LogP contribution in [-0.2, 0) is 4.79 Å². The highest BCUT2D eigenvalue weighted by molar-refractivity contribution is 5.93. The zero-order valence-electron chi connectivity index (χ0n) is 13.6. The van der Waals surface area contributed by atoms with Gasteiger partial charge in [-0.1, -0.05) is 6.07 Å². The Labute approximate surface area is 139 Å². The molecule has 1 saturated heterocycles. The summed E-state index contributed by atoms with van der Waals surface area (Å²) in [7, 11) is 1.58. The number of rotatable bonds is 4. The Kier molecular flexibility index (Phi) is 4.24. The Hall–Kier alpha value is -2.83. The highest BCUT2D eigenvalue weighted by Crippen LogP contribution is 2.24. The molecular weight excluding hydrogens is 310 g/mol. The van der Waals surface area contributed by atoms with E-state index in [1.807, 2.05) is 25.1 Å². The molecule has 1 atom stereocenters. The van der Waals surface area contributed by atoms with Gasteiger partial charge in [-0.3, -0.25) is 9.59 Å². The van der Waals surface area contributed by atoms with Crippen molar-refractivity contribution in [1.29, 1.82) is 0 Å². The van der Waals surface area contributed by atoms with Crippen LogP contribution in [0.4, 0.5) is 0 Å². The highest BCUT2D eigenvalue weighted by atomic mass is 16.5. The Balaban J connectivity index is 1.82. The van der Waals surface area contributed by atoms with Gasteiger partial charge in [0.05, 0.1) is 13.0 Å². The van der Waals surface area contributed by atoms with E-state index in [9.17, 15) is 9.59 Å².